The highest BCUT2D eigenvalue weighted by atomic mass is 31.3. The van der Waals surface area contributed by atoms with Gasteiger partial charge in [-0.15, -0.1) is 0 Å². The number of phosphoric ester groups is 2. The minimum absolute atomic E-state index is 0.0199. The van der Waals surface area contributed by atoms with Crippen molar-refractivity contribution >= 4 is 80.7 Å². The van der Waals surface area contributed by atoms with Crippen molar-refractivity contribution in [3.63, 3.8) is 0 Å². The number of nitrogens with two attached hydrogens (primary N) is 1. The Balaban J connectivity index is 2.13. The third-order valence-electron chi connectivity index (χ3n) is 23.1. The molecule has 2 unspecified atom stereocenters. The van der Waals surface area contributed by atoms with Crippen LogP contribution in [0.2, 0.25) is 0 Å². The number of aliphatic carboxylic acids is 2. The summed E-state index contributed by atoms with van der Waals surface area (Å²) in [6.45, 7) is 29.3. The van der Waals surface area contributed by atoms with Crippen LogP contribution in [0.3, 0.4) is 0 Å². The average Bonchev–Trinajstić information content (AvgIpc) is 0.764. The third-order valence-corrected chi connectivity index (χ3v) is 25.7. The Morgan fingerprint density at radius 1 is 0.435 bits per heavy atom. The minimum atomic E-state index is -6.28. The van der Waals surface area contributed by atoms with Crippen molar-refractivity contribution < 1.29 is 140 Å². The first-order valence-corrected chi connectivity index (χ1v) is 50.6. The summed E-state index contributed by atoms with van der Waals surface area (Å²) in [6, 6.07) is -12.8. The molecule has 9 amide bonds. The number of aliphatic hydroxyl groups is 4. The van der Waals surface area contributed by atoms with E-state index >= 15 is 0 Å². The van der Waals surface area contributed by atoms with Gasteiger partial charge in [-0.25, -0.2) is 4.31 Å². The number of carbonyl (C=O) groups is 11. The second kappa shape index (κ2) is 66.8. The van der Waals surface area contributed by atoms with Gasteiger partial charge < -0.3 is 127 Å². The number of carbonyl (C=O) groups excluding carboxylic acids is 11. The van der Waals surface area contributed by atoms with Gasteiger partial charge in [0.05, 0.1) is 44.2 Å². The van der Waals surface area contributed by atoms with Gasteiger partial charge in [-0.05, 0) is 265 Å². The summed E-state index contributed by atoms with van der Waals surface area (Å²) in [5, 5.41) is 84.1. The highest BCUT2D eigenvalue weighted by molar-refractivity contribution is 7.59. The standard InChI is InChI=1S/C98H162N10O28P2/c1-60(2)31-21-32-61(3)33-22-34-62(4)35-23-36-63(5)37-24-38-64(6)39-25-40-65(7)41-26-42-66(8)43-27-44-67(9)45-28-46-68(10)47-29-48-69(11)49-30-50-70(12)54-56-130-137(126,127)136-138(128,129)135-98-85(106-76(18)112)89(88(81(59-110)133-98)134-97-84(105-75(17)111)87(116)86(115)80(58-109)132-97)131-74(16)93(120)102-72(14)92(119)108-78(90(100)117)52-53-82(113)107-79(51-19-20-55-101-83(114)57-77(99)96(124)125)94(121)103-71(13)91(118)104-73(15)95(122)123/h31,33,35,37,39,41,43,45,47,49,54,71-74,77-81,84-89,97-98,109-110,115-116H,19-30,32,34,36,38,40,42,44,46,48,50-53,55-59,99H2,1-18H3,(H2,100,117)(H,101,114)(H,102,120)(H,103,121)(H,104,118)(H,105,111)(H,106,112)(H,107,113)(H,108,119)(H,122,123)(H,124,125)(H,126,127)(H,128,129)/p-3/b61-33+,62-35+,63-37-,64-39-,65-41-,66-43-,67-45-,68-47-,69-49-,70-54-/t71-,72+,73-,74-,77-,78-,79+,80-,81-,84-,85-,86-,87-,88-,89-,97+,98-/m1/s1. The molecule has 38 nitrogen and oxygen atoms in total. The van der Waals surface area contributed by atoms with Crippen molar-refractivity contribution in [2.75, 3.05) is 26.4 Å². The maximum absolute atomic E-state index is 14.2. The van der Waals surface area contributed by atoms with Crippen LogP contribution < -0.4 is 74.0 Å². The molecule has 2 aliphatic rings. The Labute approximate surface area is 815 Å². The van der Waals surface area contributed by atoms with Gasteiger partial charge in [0.2, 0.25) is 53.2 Å². The topological polar surface area (TPSA) is 610 Å². The molecule has 2 aliphatic heterocycles. The molecule has 0 bridgehead atoms. The zero-order chi connectivity index (χ0) is 104. The number of hydrogen-bond donors (Lipinski definition) is 14. The van der Waals surface area contributed by atoms with E-state index in [0.717, 1.165) is 156 Å². The lowest BCUT2D eigenvalue weighted by molar-refractivity contribution is -0.436. The third kappa shape index (κ3) is 53.7. The zero-order valence-corrected chi connectivity index (χ0v) is 85.9. The highest BCUT2D eigenvalue weighted by Crippen LogP contribution is 2.57. The second-order valence-corrected chi connectivity index (χ2v) is 39.4. The number of rotatable bonds is 67. The van der Waals surface area contributed by atoms with Crippen LogP contribution in [-0.4, -0.2) is 216 Å². The number of primary amides is 1. The molecule has 138 heavy (non-hydrogen) atoms. The highest BCUT2D eigenvalue weighted by Gasteiger charge is 2.54. The molecule has 40 heteroatoms. The Hall–Kier alpha value is -8.79. The number of hydrogen-bond acceptors (Lipinski definition) is 28. The number of aliphatic hydroxyl groups excluding tert-OH is 4. The average molecular weight is 1990 g/mol. The number of amides is 9. The van der Waals surface area contributed by atoms with E-state index in [9.17, 15) is 102 Å². The Morgan fingerprint density at radius 2 is 0.826 bits per heavy atom. The summed E-state index contributed by atoms with van der Waals surface area (Å²) in [4.78, 5) is 168. The van der Waals surface area contributed by atoms with Gasteiger partial charge in [0.25, 0.3) is 15.6 Å². The molecule has 2 heterocycles. The van der Waals surface area contributed by atoms with Crippen LogP contribution in [-0.2, 0) is 94.2 Å². The van der Waals surface area contributed by atoms with E-state index in [4.69, 9.17) is 33.7 Å². The number of carboxylic acid groups (broad SMARTS) is 2. The fraction of sp³-hybridized carbons (Fsp3) is 0.663. The van der Waals surface area contributed by atoms with Crippen LogP contribution in [0.15, 0.2) is 128 Å². The molecule has 782 valence electrons. The Morgan fingerprint density at radius 3 is 1.22 bits per heavy atom. The van der Waals surface area contributed by atoms with Crippen molar-refractivity contribution in [1.82, 2.24) is 42.5 Å². The molecule has 2 rings (SSSR count). The van der Waals surface area contributed by atoms with E-state index in [0.29, 0.717) is 18.4 Å². The number of carboxylic acids is 2. The maximum atomic E-state index is 14.2. The van der Waals surface area contributed by atoms with Gasteiger partial charge in [0, 0.05) is 26.8 Å². The van der Waals surface area contributed by atoms with Gasteiger partial charge in [-0.1, -0.05) is 128 Å². The van der Waals surface area contributed by atoms with Gasteiger partial charge in [0.15, 0.2) is 12.6 Å². The lowest BCUT2D eigenvalue weighted by Crippen LogP contribution is -2.70. The molecule has 17 N–H and O–H groups in total. The maximum Gasteiger partial charge on any atom is 0.276 e. The summed E-state index contributed by atoms with van der Waals surface area (Å²) >= 11 is 0. The first-order valence-electron chi connectivity index (χ1n) is 47.7. The fourth-order valence-corrected chi connectivity index (χ4v) is 16.6. The second-order valence-electron chi connectivity index (χ2n) is 36.5. The first-order chi connectivity index (χ1) is 64.8. The van der Waals surface area contributed by atoms with Crippen LogP contribution in [0, 0.1) is 0 Å². The summed E-state index contributed by atoms with van der Waals surface area (Å²) < 4.78 is 65.5. The minimum Gasteiger partial charge on any atom is -0.756 e. The smallest absolute Gasteiger partial charge is 0.276 e. The molecule has 0 radical (unpaired) electrons. The van der Waals surface area contributed by atoms with Crippen LogP contribution in [0.1, 0.15) is 292 Å². The number of unbranched alkanes of at least 4 members (excludes halogenated alkanes) is 1. The van der Waals surface area contributed by atoms with Crippen molar-refractivity contribution in [3.05, 3.63) is 128 Å². The number of allylic oxidation sites excluding steroid dienone is 21. The summed E-state index contributed by atoms with van der Waals surface area (Å²) in [7, 11) is -12.2. The molecule has 0 spiro atoms. The molecule has 0 saturated carbocycles. The van der Waals surface area contributed by atoms with Crippen molar-refractivity contribution in [2.24, 2.45) is 5.73 Å². The first kappa shape index (κ1) is 125. The Bertz CT molecular complexity index is 4400. The van der Waals surface area contributed by atoms with Crippen LogP contribution >= 0.6 is 15.6 Å². The molecule has 2 saturated heterocycles. The van der Waals surface area contributed by atoms with Crippen LogP contribution in [0.25, 0.3) is 0 Å². The van der Waals surface area contributed by atoms with Crippen molar-refractivity contribution in [1.29, 1.82) is 0 Å². The molecular weight excluding hydrogens is 1830 g/mol. The molecule has 0 aromatic heterocycles. The van der Waals surface area contributed by atoms with Gasteiger partial charge in [-0.2, -0.15) is 0 Å². The SMILES string of the molecule is CC(=O)N[C@H]1[C@H](O[C@H]2[C@H](O[C@H](C)C(=O)N[C@@H](C)C(=O)N[C@H](CCC(=O)N[C@@H](CCCCNC(=O)C[C@@H]([NH3+])C(=O)[O-])C(=O)N[C@H](C)C(=O)N[C@H](C)C(=O)[O-])C(N)=O)[C@@H](NC(C)=O)[C@@H](OP(=O)([O-])OP(=O)([O-])OC/C=C(/C)CC/C=C(/C)CC/C=C(/C)CC/C=C(/C)CC/C=C(/C)CC/C=C(/C)CC/C=C(/C)CC/C=C(/C)CC/C=C(\C)CC/C=C(\C)CCC=C(C)C)O[C@@H]2CO)O[C@H](CO)[C@@H](O)[C@@H]1O. The number of nitrogens with one attached hydrogen (secondary N) is 8. The number of phosphoric acid groups is 2. The summed E-state index contributed by atoms with van der Waals surface area (Å²) in [6.07, 6.45) is 25.0. The van der Waals surface area contributed by atoms with Crippen LogP contribution in [0.4, 0.5) is 0 Å². The van der Waals surface area contributed by atoms with E-state index in [2.05, 4.69) is 183 Å². The normalized spacial score (nSPS) is 22.0. The molecule has 0 aromatic carbocycles. The van der Waals surface area contributed by atoms with E-state index < -0.39 is 223 Å². The number of ether oxygens (including phenoxy) is 4. The predicted molar refractivity (Wildman–Crippen MR) is 514 cm³/mol. The van der Waals surface area contributed by atoms with E-state index in [1.54, 1.807) is 6.92 Å². The van der Waals surface area contributed by atoms with Gasteiger partial charge >= 0.3 is 0 Å². The monoisotopic (exact) mass is 1990 g/mol. The quantitative estimate of drug-likeness (QED) is 0.0187. The fourth-order valence-electron chi connectivity index (χ4n) is 14.6. The zero-order valence-electron chi connectivity index (χ0n) is 84.1. The molecule has 0 aliphatic carbocycles. The van der Waals surface area contributed by atoms with Crippen molar-refractivity contribution in [2.45, 2.75) is 395 Å². The lowest BCUT2D eigenvalue weighted by atomic mass is 9.94. The van der Waals surface area contributed by atoms with Crippen LogP contribution in [0.5, 0.6) is 0 Å². The van der Waals surface area contributed by atoms with Gasteiger partial charge in [-0.3, -0.25) is 56.8 Å². The Kier molecular flexibility index (Phi) is 60.7. The summed E-state index contributed by atoms with van der Waals surface area (Å²) in [5.74, 6) is -12.0. The predicted octanol–water partition coefficient (Wildman–Crippen LogP) is 6.06. The van der Waals surface area contributed by atoms with Crippen molar-refractivity contribution in [3.8, 4) is 0 Å². The van der Waals surface area contributed by atoms with E-state index in [1.165, 1.54) is 63.2 Å². The molecule has 0 aromatic rings. The molecule has 19 atom stereocenters. The number of quaternary nitrogens is 1. The summed E-state index contributed by atoms with van der Waals surface area (Å²) in [5.41, 5.74) is 23.6. The van der Waals surface area contributed by atoms with E-state index in [1.807, 2.05) is 6.92 Å². The molecule has 2 fully saturated rings. The van der Waals surface area contributed by atoms with E-state index in [-0.39, 0.29) is 25.8 Å². The molecular formula is C98H159N10O28P2-3. The largest absolute Gasteiger partial charge is 0.756 e. The lowest BCUT2D eigenvalue weighted by Gasteiger charge is -2.50. The van der Waals surface area contributed by atoms with Gasteiger partial charge in [0.1, 0.15) is 85.0 Å².